The smallest absolute Gasteiger partial charge is 0.164 e. The van der Waals surface area contributed by atoms with Crippen LogP contribution < -0.4 is 0 Å². The zero-order valence-corrected chi connectivity index (χ0v) is 24.9. The molecule has 7 aromatic carbocycles. The molecule has 0 atom stereocenters. The predicted molar refractivity (Wildman–Crippen MR) is 194 cm³/mol. The van der Waals surface area contributed by atoms with Gasteiger partial charge >= 0.3 is 0 Å². The minimum absolute atomic E-state index is 0.00179. The van der Waals surface area contributed by atoms with Crippen molar-refractivity contribution < 1.29 is 21.2 Å². The van der Waals surface area contributed by atoms with E-state index in [4.69, 9.17) is 34.8 Å². The van der Waals surface area contributed by atoms with Crippen LogP contribution in [0.2, 0.25) is 0 Å². The number of furan rings is 2. The molecule has 10 rings (SSSR count). The van der Waals surface area contributed by atoms with Gasteiger partial charge in [0.1, 0.15) is 22.3 Å². The highest BCUT2D eigenvalue weighted by atomic mass is 16.3. The highest BCUT2D eigenvalue weighted by Gasteiger charge is 2.19. The number of aromatic nitrogens is 3. The average Bonchev–Trinajstić information content (AvgIpc) is 3.81. The van der Waals surface area contributed by atoms with Crippen LogP contribution in [-0.4, -0.2) is 15.0 Å². The third-order valence-electron chi connectivity index (χ3n) is 8.48. The molecule has 0 saturated carbocycles. The van der Waals surface area contributed by atoms with E-state index in [9.17, 15) is 1.37 Å². The van der Waals surface area contributed by atoms with Crippen LogP contribution in [0.1, 0.15) is 12.3 Å². The topological polar surface area (TPSA) is 65.0 Å². The summed E-state index contributed by atoms with van der Waals surface area (Å²) in [5.41, 5.74) is 4.16. The Bertz CT molecular complexity index is 3350. The van der Waals surface area contributed by atoms with E-state index < -0.39 is 54.4 Å². The standard InChI is InChI=1S/C43H25N3O2/c1-3-10-26(11-4-1)29-20-23-36-35(24-29)32-21-19-30(25-38(32)47-36)42-44-41(28-13-5-2-6-14-28)45-43(46-42)34-16-9-17-37-39(34)33-22-18-27-12-7-8-15-31(27)40(33)48-37/h1-25H/i7D,8D,9D,12D,15D,16D,17D,18D,22D. The van der Waals surface area contributed by atoms with E-state index in [2.05, 4.69) is 6.07 Å². The zero-order chi connectivity index (χ0) is 39.4. The minimum Gasteiger partial charge on any atom is -0.456 e. The van der Waals surface area contributed by atoms with Crippen LogP contribution in [0.4, 0.5) is 0 Å². The Hall–Kier alpha value is -6.59. The number of benzene rings is 7. The van der Waals surface area contributed by atoms with Crippen molar-refractivity contribution in [3.8, 4) is 45.3 Å². The van der Waals surface area contributed by atoms with Crippen molar-refractivity contribution in [1.29, 1.82) is 0 Å². The van der Waals surface area contributed by atoms with Gasteiger partial charge in [-0.15, -0.1) is 0 Å². The molecule has 0 unspecified atom stereocenters. The van der Waals surface area contributed by atoms with Crippen LogP contribution >= 0.6 is 0 Å². The average molecular weight is 625 g/mol. The molecule has 0 aliphatic heterocycles. The molecule has 0 bridgehead atoms. The minimum atomic E-state index is -0.566. The van der Waals surface area contributed by atoms with Gasteiger partial charge in [0.05, 0.1) is 12.3 Å². The second kappa shape index (κ2) is 10.5. The Morgan fingerprint density at radius 3 is 2.04 bits per heavy atom. The van der Waals surface area contributed by atoms with Gasteiger partial charge < -0.3 is 8.83 Å². The molecule has 224 valence electrons. The molecule has 0 spiro atoms. The van der Waals surface area contributed by atoms with Gasteiger partial charge in [-0.1, -0.05) is 115 Å². The predicted octanol–water partition coefficient (Wildman–Crippen LogP) is 11.5. The maximum absolute atomic E-state index is 9.20. The summed E-state index contributed by atoms with van der Waals surface area (Å²) in [5, 5.41) is 1.39. The van der Waals surface area contributed by atoms with Crippen molar-refractivity contribution >= 4 is 54.6 Å². The molecule has 5 heteroatoms. The Kier molecular flexibility index (Phi) is 4.18. The van der Waals surface area contributed by atoms with Gasteiger partial charge in [-0.25, -0.2) is 15.0 Å². The van der Waals surface area contributed by atoms with Crippen LogP contribution in [0.5, 0.6) is 0 Å². The number of rotatable bonds is 4. The molecule has 0 amide bonds. The molecule has 0 saturated heterocycles. The first-order valence-corrected chi connectivity index (χ1v) is 15.2. The second-order valence-corrected chi connectivity index (χ2v) is 11.3. The van der Waals surface area contributed by atoms with Crippen molar-refractivity contribution in [3.05, 3.63) is 151 Å². The maximum atomic E-state index is 9.20. The molecule has 48 heavy (non-hydrogen) atoms. The first kappa shape index (κ1) is 19.2. The molecule has 3 aromatic heterocycles. The van der Waals surface area contributed by atoms with Crippen LogP contribution in [0.3, 0.4) is 0 Å². The van der Waals surface area contributed by atoms with Gasteiger partial charge in [0.25, 0.3) is 0 Å². The fourth-order valence-corrected chi connectivity index (χ4v) is 6.19. The molecule has 0 radical (unpaired) electrons. The van der Waals surface area contributed by atoms with Gasteiger partial charge in [0.2, 0.25) is 0 Å². The first-order valence-electron chi connectivity index (χ1n) is 19.7. The van der Waals surface area contributed by atoms with E-state index >= 15 is 0 Å². The molecule has 0 aliphatic carbocycles. The summed E-state index contributed by atoms with van der Waals surface area (Å²) in [6, 6.07) is 26.4. The van der Waals surface area contributed by atoms with Gasteiger partial charge in [0.15, 0.2) is 17.5 Å². The third-order valence-corrected chi connectivity index (χ3v) is 8.48. The second-order valence-electron chi connectivity index (χ2n) is 11.3. The molecule has 0 fully saturated rings. The summed E-state index contributed by atoms with van der Waals surface area (Å²) in [6.07, 6.45) is 0. The summed E-state index contributed by atoms with van der Waals surface area (Å²) >= 11 is 0. The fraction of sp³-hybridized carbons (Fsp3) is 0. The molecule has 5 nitrogen and oxygen atoms in total. The largest absolute Gasteiger partial charge is 0.456 e. The van der Waals surface area contributed by atoms with Crippen LogP contribution in [0, 0.1) is 0 Å². The Labute approximate surface area is 287 Å². The lowest BCUT2D eigenvalue weighted by Crippen LogP contribution is -2.00. The molecule has 10 aromatic rings. The normalized spacial score (nSPS) is 14.4. The van der Waals surface area contributed by atoms with E-state index in [-0.39, 0.29) is 55.7 Å². The Morgan fingerprint density at radius 2 is 1.19 bits per heavy atom. The van der Waals surface area contributed by atoms with E-state index in [1.165, 1.54) is 0 Å². The van der Waals surface area contributed by atoms with Gasteiger partial charge in [0, 0.05) is 43.6 Å². The first-order chi connectivity index (χ1) is 27.5. The number of hydrogen-bond donors (Lipinski definition) is 0. The summed E-state index contributed by atoms with van der Waals surface area (Å²) in [6.45, 7) is 0. The highest BCUT2D eigenvalue weighted by Crippen LogP contribution is 2.40. The van der Waals surface area contributed by atoms with Gasteiger partial charge in [-0.05, 0) is 52.9 Å². The molecular formula is C43H25N3O2. The third kappa shape index (κ3) is 4.22. The van der Waals surface area contributed by atoms with E-state index in [0.29, 0.717) is 22.3 Å². The van der Waals surface area contributed by atoms with Crippen molar-refractivity contribution in [1.82, 2.24) is 15.0 Å². The van der Waals surface area contributed by atoms with Gasteiger partial charge in [-0.3, -0.25) is 0 Å². The van der Waals surface area contributed by atoms with Crippen molar-refractivity contribution in [3.63, 3.8) is 0 Å². The Morgan fingerprint density at radius 1 is 0.438 bits per heavy atom. The molecule has 0 aliphatic rings. The summed E-state index contributed by atoms with van der Waals surface area (Å²) in [4.78, 5) is 14.5. The lowest BCUT2D eigenvalue weighted by atomic mass is 10.0. The Balaban J connectivity index is 1.25. The summed E-state index contributed by atoms with van der Waals surface area (Å²) in [5.74, 6) is 0.379. The van der Waals surface area contributed by atoms with E-state index in [1.807, 2.05) is 91.0 Å². The molecule has 3 heterocycles. The highest BCUT2D eigenvalue weighted by molar-refractivity contribution is 6.18. The fourth-order valence-electron chi connectivity index (χ4n) is 6.19. The number of nitrogens with zero attached hydrogens (tertiary/aromatic N) is 3. The summed E-state index contributed by atoms with van der Waals surface area (Å²) < 4.78 is 91.2. The quantitative estimate of drug-likeness (QED) is 0.195. The zero-order valence-electron chi connectivity index (χ0n) is 33.9. The van der Waals surface area contributed by atoms with Gasteiger partial charge in [-0.2, -0.15) is 0 Å². The van der Waals surface area contributed by atoms with E-state index in [1.54, 1.807) is 0 Å². The van der Waals surface area contributed by atoms with Crippen molar-refractivity contribution in [2.45, 2.75) is 0 Å². The van der Waals surface area contributed by atoms with E-state index in [0.717, 1.165) is 21.9 Å². The van der Waals surface area contributed by atoms with Crippen LogP contribution in [0.15, 0.2) is 160 Å². The van der Waals surface area contributed by atoms with Crippen LogP contribution in [0.25, 0.3) is 99.9 Å². The SMILES string of the molecule is [2H]c1c([2H])c(-c2nc(-c3ccccc3)nc(-c3ccc4c(c3)oc3ccc(-c5ccccc5)cc34)n2)c2c(oc3c4c([2H])c([2H])c([2H])c([2H])c4c([2H])c([2H])c32)c1[2H]. The number of fused-ring (bicyclic) bond motifs is 8. The monoisotopic (exact) mass is 624 g/mol. The van der Waals surface area contributed by atoms with Crippen molar-refractivity contribution in [2.75, 3.05) is 0 Å². The maximum Gasteiger partial charge on any atom is 0.164 e. The molecular weight excluding hydrogens is 590 g/mol. The molecule has 0 N–H and O–H groups in total. The summed E-state index contributed by atoms with van der Waals surface area (Å²) in [7, 11) is 0. The van der Waals surface area contributed by atoms with Crippen molar-refractivity contribution in [2.24, 2.45) is 0 Å². The lowest BCUT2D eigenvalue weighted by Gasteiger charge is -2.09. The van der Waals surface area contributed by atoms with Crippen LogP contribution in [-0.2, 0) is 0 Å². The number of hydrogen-bond acceptors (Lipinski definition) is 5. The lowest BCUT2D eigenvalue weighted by molar-refractivity contribution is 0.669.